The lowest BCUT2D eigenvalue weighted by Gasteiger charge is -2.10. The van der Waals surface area contributed by atoms with E-state index in [2.05, 4.69) is 37.9 Å². The number of carbonyl (C=O) groups excluding carboxylic acids is 1. The molecule has 0 aliphatic carbocycles. The van der Waals surface area contributed by atoms with Gasteiger partial charge in [0.1, 0.15) is 11.4 Å². The minimum Gasteiger partial charge on any atom is -0.436 e. The van der Waals surface area contributed by atoms with Gasteiger partial charge in [0.25, 0.3) is 5.91 Å². The molecular formula is C23H17FIN3O3. The van der Waals surface area contributed by atoms with Crippen LogP contribution in [-0.4, -0.2) is 16.0 Å². The Labute approximate surface area is 190 Å². The molecule has 0 radical (unpaired) electrons. The Hall–Kier alpha value is -3.11. The number of aryl methyl sites for hydroxylation is 1. The fourth-order valence-electron chi connectivity index (χ4n) is 3.02. The van der Waals surface area contributed by atoms with E-state index in [0.717, 1.165) is 3.57 Å². The van der Waals surface area contributed by atoms with Crippen LogP contribution in [0.25, 0.3) is 11.0 Å². The van der Waals surface area contributed by atoms with Gasteiger partial charge in [-0.1, -0.05) is 0 Å². The van der Waals surface area contributed by atoms with Crippen LogP contribution in [-0.2, 0) is 6.61 Å². The molecule has 2 heterocycles. The quantitative estimate of drug-likeness (QED) is 0.370. The van der Waals surface area contributed by atoms with Crippen molar-refractivity contribution in [3.05, 3.63) is 92.6 Å². The fraction of sp³-hybridized carbons (Fsp3) is 0.0870. The summed E-state index contributed by atoms with van der Waals surface area (Å²) >= 11 is 2.20. The van der Waals surface area contributed by atoms with E-state index in [1.807, 2.05) is 24.3 Å². The van der Waals surface area contributed by atoms with Crippen LogP contribution in [0.3, 0.4) is 0 Å². The number of aliphatic hydroxyl groups excluding tert-OH is 1. The van der Waals surface area contributed by atoms with Gasteiger partial charge in [-0.05, 0) is 84.1 Å². The lowest BCUT2D eigenvalue weighted by atomic mass is 10.1. The molecule has 2 aromatic carbocycles. The van der Waals surface area contributed by atoms with Gasteiger partial charge in [-0.3, -0.25) is 9.78 Å². The second kappa shape index (κ2) is 8.94. The normalized spacial score (nSPS) is 11.7. The number of halogens is 2. The molecule has 0 atom stereocenters. The third-order valence-corrected chi connectivity index (χ3v) is 5.34. The first kappa shape index (κ1) is 21.1. The molecule has 31 heavy (non-hydrogen) atoms. The number of fused-ring (bicyclic) bond motifs is 1. The van der Waals surface area contributed by atoms with Crippen LogP contribution >= 0.6 is 22.6 Å². The highest BCUT2D eigenvalue weighted by atomic mass is 127. The maximum Gasteiger partial charge on any atom is 0.261 e. The van der Waals surface area contributed by atoms with Crippen LogP contribution in [0.15, 0.2) is 70.2 Å². The van der Waals surface area contributed by atoms with E-state index >= 15 is 0 Å². The Bertz CT molecular complexity index is 1330. The third-order valence-electron chi connectivity index (χ3n) is 4.63. The summed E-state index contributed by atoms with van der Waals surface area (Å²) in [5.41, 5.74) is 2.90. The summed E-state index contributed by atoms with van der Waals surface area (Å²) in [7, 11) is 0. The molecule has 4 aromatic rings. The number of rotatable bonds is 4. The molecule has 6 nitrogen and oxygen atoms in total. The van der Waals surface area contributed by atoms with Gasteiger partial charge in [0.2, 0.25) is 5.55 Å². The van der Waals surface area contributed by atoms with Gasteiger partial charge < -0.3 is 14.8 Å². The Morgan fingerprint density at radius 2 is 1.90 bits per heavy atom. The Kier molecular flexibility index (Phi) is 6.10. The number of hydrogen-bond donors (Lipinski definition) is 2. The molecular weight excluding hydrogens is 512 g/mol. The number of anilines is 1. The molecule has 0 unspecified atom stereocenters. The predicted octanol–water partition coefficient (Wildman–Crippen LogP) is 4.86. The highest BCUT2D eigenvalue weighted by Gasteiger charge is 2.16. The minimum atomic E-state index is -0.472. The van der Waals surface area contributed by atoms with E-state index in [1.54, 1.807) is 19.2 Å². The van der Waals surface area contributed by atoms with Crippen molar-refractivity contribution in [2.24, 2.45) is 4.99 Å². The van der Waals surface area contributed by atoms with E-state index in [0.29, 0.717) is 33.6 Å². The molecule has 0 spiro atoms. The van der Waals surface area contributed by atoms with Gasteiger partial charge in [0, 0.05) is 26.4 Å². The van der Waals surface area contributed by atoms with Crippen molar-refractivity contribution >= 4 is 50.8 Å². The van der Waals surface area contributed by atoms with E-state index in [9.17, 15) is 14.3 Å². The summed E-state index contributed by atoms with van der Waals surface area (Å²) < 4.78 is 20.3. The van der Waals surface area contributed by atoms with Crippen molar-refractivity contribution < 1.29 is 18.7 Å². The van der Waals surface area contributed by atoms with Crippen molar-refractivity contribution in [2.75, 3.05) is 5.32 Å². The highest BCUT2D eigenvalue weighted by Crippen LogP contribution is 2.22. The highest BCUT2D eigenvalue weighted by molar-refractivity contribution is 14.1. The second-order valence-electron chi connectivity index (χ2n) is 6.78. The minimum absolute atomic E-state index is 0.105. The summed E-state index contributed by atoms with van der Waals surface area (Å²) in [6, 6.07) is 14.5. The van der Waals surface area contributed by atoms with Gasteiger partial charge in [-0.2, -0.15) is 0 Å². The number of benzene rings is 2. The molecule has 2 aromatic heterocycles. The lowest BCUT2D eigenvalue weighted by Crippen LogP contribution is -2.22. The monoisotopic (exact) mass is 529 g/mol. The zero-order valence-electron chi connectivity index (χ0n) is 16.4. The van der Waals surface area contributed by atoms with Crippen LogP contribution in [0.1, 0.15) is 21.6 Å². The second-order valence-corrected chi connectivity index (χ2v) is 8.03. The van der Waals surface area contributed by atoms with Gasteiger partial charge in [-0.25, -0.2) is 9.38 Å². The lowest BCUT2D eigenvalue weighted by molar-refractivity contribution is 0.102. The van der Waals surface area contributed by atoms with Crippen molar-refractivity contribution in [3.63, 3.8) is 0 Å². The SMILES string of the molecule is Cc1ncc(CO)c2cc(C(=O)Nc3ccc(F)cc3)c(=Nc3ccc(I)cc3)oc12. The number of nitrogens with one attached hydrogen (secondary N) is 1. The Morgan fingerprint density at radius 1 is 1.19 bits per heavy atom. The van der Waals surface area contributed by atoms with Gasteiger partial charge in [0.05, 0.1) is 18.0 Å². The maximum absolute atomic E-state index is 13.2. The number of amides is 1. The van der Waals surface area contributed by atoms with E-state index in [-0.39, 0.29) is 17.7 Å². The zero-order valence-corrected chi connectivity index (χ0v) is 18.6. The largest absolute Gasteiger partial charge is 0.436 e. The number of nitrogens with zero attached hydrogens (tertiary/aromatic N) is 2. The van der Waals surface area contributed by atoms with Crippen LogP contribution in [0.5, 0.6) is 0 Å². The number of pyridine rings is 1. The molecule has 1 amide bonds. The fourth-order valence-corrected chi connectivity index (χ4v) is 3.38. The summed E-state index contributed by atoms with van der Waals surface area (Å²) in [5.74, 6) is -0.872. The van der Waals surface area contributed by atoms with Crippen LogP contribution in [0, 0.1) is 16.3 Å². The molecule has 8 heteroatoms. The van der Waals surface area contributed by atoms with E-state index in [4.69, 9.17) is 4.42 Å². The number of hydrogen-bond acceptors (Lipinski definition) is 5. The standard InChI is InChI=1S/C23H17FIN3O3/c1-13-21-19(14(12-29)11-26-13)10-20(22(30)27-17-6-2-15(24)3-7-17)23(31-21)28-18-8-4-16(25)5-9-18/h2-11,29H,12H2,1H3,(H,27,30). The van der Waals surface area contributed by atoms with Crippen molar-refractivity contribution in [3.8, 4) is 0 Å². The molecule has 0 aliphatic rings. The number of aromatic nitrogens is 1. The van der Waals surface area contributed by atoms with Crippen molar-refractivity contribution in [2.45, 2.75) is 13.5 Å². The van der Waals surface area contributed by atoms with Gasteiger partial charge in [-0.15, -0.1) is 0 Å². The molecule has 156 valence electrons. The van der Waals surface area contributed by atoms with Crippen molar-refractivity contribution in [1.29, 1.82) is 0 Å². The molecule has 0 saturated heterocycles. The molecule has 4 rings (SSSR count). The van der Waals surface area contributed by atoms with Crippen LogP contribution in [0.4, 0.5) is 15.8 Å². The zero-order chi connectivity index (χ0) is 22.0. The first-order valence-corrected chi connectivity index (χ1v) is 10.4. The van der Waals surface area contributed by atoms with Crippen LogP contribution < -0.4 is 10.9 Å². The topological polar surface area (TPSA) is 87.7 Å². The molecule has 0 aliphatic heterocycles. The average molecular weight is 529 g/mol. The third kappa shape index (κ3) is 4.64. The van der Waals surface area contributed by atoms with Crippen LogP contribution in [0.2, 0.25) is 0 Å². The smallest absolute Gasteiger partial charge is 0.261 e. The number of aliphatic hydroxyl groups is 1. The first-order chi connectivity index (χ1) is 14.9. The number of carbonyl (C=O) groups is 1. The summed E-state index contributed by atoms with van der Waals surface area (Å²) in [4.78, 5) is 21.9. The Balaban J connectivity index is 1.90. The Morgan fingerprint density at radius 3 is 2.58 bits per heavy atom. The van der Waals surface area contributed by atoms with E-state index in [1.165, 1.54) is 24.3 Å². The average Bonchev–Trinajstić information content (AvgIpc) is 2.77. The van der Waals surface area contributed by atoms with Gasteiger partial charge in [0.15, 0.2) is 5.58 Å². The maximum atomic E-state index is 13.2. The summed E-state index contributed by atoms with van der Waals surface area (Å²) in [5, 5.41) is 13.0. The first-order valence-electron chi connectivity index (χ1n) is 9.35. The van der Waals surface area contributed by atoms with Gasteiger partial charge >= 0.3 is 0 Å². The predicted molar refractivity (Wildman–Crippen MR) is 123 cm³/mol. The molecule has 0 fully saturated rings. The van der Waals surface area contributed by atoms with Crippen molar-refractivity contribution in [1.82, 2.24) is 4.98 Å². The molecule has 2 N–H and O–H groups in total. The summed E-state index contributed by atoms with van der Waals surface area (Å²) in [6.45, 7) is 1.52. The molecule has 0 bridgehead atoms. The molecule has 0 saturated carbocycles. The van der Waals surface area contributed by atoms with E-state index < -0.39 is 11.7 Å². The summed E-state index contributed by atoms with van der Waals surface area (Å²) in [6.07, 6.45) is 1.55.